The fourth-order valence-corrected chi connectivity index (χ4v) is 4.34. The van der Waals surface area contributed by atoms with Gasteiger partial charge in [0.2, 0.25) is 5.78 Å². The number of ether oxygens (including phenoxy) is 2. The minimum Gasteiger partial charge on any atom is -0.454 e. The van der Waals surface area contributed by atoms with Gasteiger partial charge >= 0.3 is 5.97 Å². The number of benzene rings is 2. The van der Waals surface area contributed by atoms with Crippen molar-refractivity contribution in [3.8, 4) is 11.3 Å². The first-order chi connectivity index (χ1) is 16.4. The van der Waals surface area contributed by atoms with E-state index in [1.165, 1.54) is 0 Å². The lowest BCUT2D eigenvalue weighted by atomic mass is 9.98. The van der Waals surface area contributed by atoms with Crippen molar-refractivity contribution < 1.29 is 19.1 Å². The van der Waals surface area contributed by atoms with Crippen molar-refractivity contribution in [3.05, 3.63) is 88.7 Å². The van der Waals surface area contributed by atoms with Gasteiger partial charge in [0.25, 0.3) is 0 Å². The molecule has 0 radical (unpaired) electrons. The number of carbonyl (C=O) groups excluding carboxylic acids is 2. The van der Waals surface area contributed by atoms with Gasteiger partial charge in [0, 0.05) is 41.6 Å². The molecule has 0 N–H and O–H groups in total. The van der Waals surface area contributed by atoms with Gasteiger partial charge in [0.15, 0.2) is 6.61 Å². The first-order valence-electron chi connectivity index (χ1n) is 11.2. The number of hydrogen-bond donors (Lipinski definition) is 0. The van der Waals surface area contributed by atoms with Crippen LogP contribution in [0.4, 0.5) is 0 Å². The Morgan fingerprint density at radius 3 is 2.41 bits per heavy atom. The average Bonchev–Trinajstić information content (AvgIpc) is 3.14. The number of pyridine rings is 1. The smallest absolute Gasteiger partial charge is 0.339 e. The first kappa shape index (κ1) is 23.4. The molecule has 4 aromatic rings. The van der Waals surface area contributed by atoms with Crippen LogP contribution >= 0.6 is 0 Å². The fourth-order valence-electron chi connectivity index (χ4n) is 4.34. The van der Waals surface area contributed by atoms with E-state index in [9.17, 15) is 9.59 Å². The topological polar surface area (TPSA) is 70.4 Å². The van der Waals surface area contributed by atoms with Crippen LogP contribution in [0.5, 0.6) is 0 Å². The zero-order valence-corrected chi connectivity index (χ0v) is 19.9. The van der Waals surface area contributed by atoms with Crippen LogP contribution in [0.1, 0.15) is 37.7 Å². The van der Waals surface area contributed by atoms with E-state index in [1.54, 1.807) is 7.11 Å². The average molecular weight is 457 g/mol. The Kier molecular flexibility index (Phi) is 6.89. The monoisotopic (exact) mass is 456 g/mol. The molecule has 4 rings (SSSR count). The van der Waals surface area contributed by atoms with Crippen LogP contribution in [-0.2, 0) is 16.0 Å². The molecule has 6 heteroatoms. The third-order valence-electron chi connectivity index (χ3n) is 6.11. The van der Waals surface area contributed by atoms with Crippen LogP contribution in [0, 0.1) is 20.8 Å². The second-order valence-electron chi connectivity index (χ2n) is 8.27. The van der Waals surface area contributed by atoms with E-state index in [1.807, 2.05) is 86.0 Å². The molecule has 0 unspecified atom stereocenters. The lowest BCUT2D eigenvalue weighted by Gasteiger charge is -2.14. The number of esters is 1. The van der Waals surface area contributed by atoms with Crippen molar-refractivity contribution in [2.45, 2.75) is 27.3 Å². The molecule has 2 aromatic heterocycles. The van der Waals surface area contributed by atoms with Crippen molar-refractivity contribution in [1.82, 2.24) is 9.55 Å². The SMILES string of the molecule is COCCn1c(C)cc(C(=O)COC(=O)c2c(C)c(-c3ccccc3)nc3ccccc23)c1C. The minimum absolute atomic E-state index is 0.232. The second-order valence-corrected chi connectivity index (χ2v) is 8.27. The number of rotatable bonds is 8. The summed E-state index contributed by atoms with van der Waals surface area (Å²) in [7, 11) is 1.65. The van der Waals surface area contributed by atoms with Crippen molar-refractivity contribution in [1.29, 1.82) is 0 Å². The Morgan fingerprint density at radius 2 is 1.68 bits per heavy atom. The summed E-state index contributed by atoms with van der Waals surface area (Å²) in [5, 5.41) is 0.704. The molecule has 0 spiro atoms. The molecule has 0 saturated carbocycles. The summed E-state index contributed by atoms with van der Waals surface area (Å²) in [5.74, 6) is -0.765. The highest BCUT2D eigenvalue weighted by atomic mass is 16.5. The van der Waals surface area contributed by atoms with Gasteiger partial charge in [0.05, 0.1) is 23.4 Å². The summed E-state index contributed by atoms with van der Waals surface area (Å²) in [6, 6.07) is 19.0. The lowest BCUT2D eigenvalue weighted by Crippen LogP contribution is -2.17. The van der Waals surface area contributed by atoms with Crippen LogP contribution in [0.2, 0.25) is 0 Å². The van der Waals surface area contributed by atoms with Gasteiger partial charge in [-0.05, 0) is 38.5 Å². The number of aromatic nitrogens is 2. The van der Waals surface area contributed by atoms with Crippen LogP contribution in [0.3, 0.4) is 0 Å². The van der Waals surface area contributed by atoms with Crippen molar-refractivity contribution in [3.63, 3.8) is 0 Å². The van der Waals surface area contributed by atoms with Gasteiger partial charge in [-0.1, -0.05) is 48.5 Å². The molecule has 0 bridgehead atoms. The second kappa shape index (κ2) is 10.0. The Hall–Kier alpha value is -3.77. The Balaban J connectivity index is 1.63. The van der Waals surface area contributed by atoms with E-state index < -0.39 is 5.97 Å². The molecule has 6 nitrogen and oxygen atoms in total. The highest BCUT2D eigenvalue weighted by molar-refractivity contribution is 6.07. The molecule has 0 aliphatic rings. The van der Waals surface area contributed by atoms with E-state index >= 15 is 0 Å². The molecule has 2 heterocycles. The summed E-state index contributed by atoms with van der Waals surface area (Å²) < 4.78 is 12.8. The van der Waals surface area contributed by atoms with Crippen molar-refractivity contribution in [2.24, 2.45) is 0 Å². The Labute approximate surface area is 199 Å². The molecule has 0 fully saturated rings. The van der Waals surface area contributed by atoms with Gasteiger partial charge in [0.1, 0.15) is 0 Å². The van der Waals surface area contributed by atoms with Crippen LogP contribution in [0.15, 0.2) is 60.7 Å². The third-order valence-corrected chi connectivity index (χ3v) is 6.11. The number of carbonyl (C=O) groups is 2. The molecule has 0 aliphatic carbocycles. The molecule has 0 aliphatic heterocycles. The first-order valence-corrected chi connectivity index (χ1v) is 11.2. The van der Waals surface area contributed by atoms with Gasteiger partial charge in [-0.25, -0.2) is 9.78 Å². The number of Topliss-reactive ketones (excluding diaryl/α,β-unsaturated/α-hetero) is 1. The van der Waals surface area contributed by atoms with E-state index in [0.29, 0.717) is 35.2 Å². The van der Waals surface area contributed by atoms with E-state index in [4.69, 9.17) is 14.5 Å². The van der Waals surface area contributed by atoms with E-state index in [0.717, 1.165) is 28.2 Å². The molecular formula is C28H28N2O4. The summed E-state index contributed by atoms with van der Waals surface area (Å²) in [5.41, 5.74) is 5.86. The Bertz CT molecular complexity index is 1360. The largest absolute Gasteiger partial charge is 0.454 e. The van der Waals surface area contributed by atoms with Crippen LogP contribution < -0.4 is 0 Å². The molecule has 0 amide bonds. The van der Waals surface area contributed by atoms with E-state index in [-0.39, 0.29) is 12.4 Å². The zero-order chi connectivity index (χ0) is 24.2. The lowest BCUT2D eigenvalue weighted by molar-refractivity contribution is 0.0475. The number of aryl methyl sites for hydroxylation is 1. The van der Waals surface area contributed by atoms with Gasteiger partial charge in [-0.15, -0.1) is 0 Å². The molecule has 2 aromatic carbocycles. The van der Waals surface area contributed by atoms with Crippen LogP contribution in [0.25, 0.3) is 22.2 Å². The number of methoxy groups -OCH3 is 1. The predicted molar refractivity (Wildman–Crippen MR) is 132 cm³/mol. The number of ketones is 1. The third kappa shape index (κ3) is 4.50. The maximum Gasteiger partial charge on any atom is 0.339 e. The number of nitrogens with zero attached hydrogens (tertiary/aromatic N) is 2. The quantitative estimate of drug-likeness (QED) is 0.265. The summed E-state index contributed by atoms with van der Waals surface area (Å²) in [6.07, 6.45) is 0. The summed E-state index contributed by atoms with van der Waals surface area (Å²) in [4.78, 5) is 31.0. The zero-order valence-electron chi connectivity index (χ0n) is 19.9. The maximum atomic E-state index is 13.3. The Morgan fingerprint density at radius 1 is 0.971 bits per heavy atom. The highest BCUT2D eigenvalue weighted by Gasteiger charge is 2.22. The highest BCUT2D eigenvalue weighted by Crippen LogP contribution is 2.30. The summed E-state index contributed by atoms with van der Waals surface area (Å²) >= 11 is 0. The standard InChI is InChI=1S/C28H28N2O4/c1-18-16-23(20(3)30(18)14-15-33-4)25(31)17-34-28(32)26-19(2)27(21-10-6-5-7-11-21)29-24-13-9-8-12-22(24)26/h5-13,16H,14-15,17H2,1-4H3. The van der Waals surface area contributed by atoms with Crippen molar-refractivity contribution >= 4 is 22.7 Å². The van der Waals surface area contributed by atoms with E-state index in [2.05, 4.69) is 0 Å². The number of fused-ring (bicyclic) bond motifs is 1. The summed E-state index contributed by atoms with van der Waals surface area (Å²) in [6.45, 7) is 6.59. The van der Waals surface area contributed by atoms with Gasteiger partial charge < -0.3 is 14.0 Å². The normalized spacial score (nSPS) is 11.1. The maximum absolute atomic E-state index is 13.3. The molecular weight excluding hydrogens is 428 g/mol. The number of para-hydroxylation sites is 1. The van der Waals surface area contributed by atoms with Crippen LogP contribution in [-0.4, -0.2) is 41.6 Å². The van der Waals surface area contributed by atoms with Gasteiger partial charge in [-0.3, -0.25) is 4.79 Å². The minimum atomic E-state index is -0.533. The molecule has 0 atom stereocenters. The fraction of sp³-hybridized carbons (Fsp3) is 0.250. The predicted octanol–water partition coefficient (Wildman–Crippen LogP) is 5.31. The molecule has 34 heavy (non-hydrogen) atoms. The van der Waals surface area contributed by atoms with Gasteiger partial charge in [-0.2, -0.15) is 0 Å². The molecule has 174 valence electrons. The molecule has 0 saturated heterocycles. The van der Waals surface area contributed by atoms with Crippen molar-refractivity contribution in [2.75, 3.05) is 20.3 Å². The number of hydrogen-bond acceptors (Lipinski definition) is 5.